The van der Waals surface area contributed by atoms with Gasteiger partial charge in [0.1, 0.15) is 0 Å². The SMILES string of the molecule is Cc1ccccc1CCCC([Si]c1ccccc1)[Si]c1ccccc1. The molecule has 0 aliphatic heterocycles. The summed E-state index contributed by atoms with van der Waals surface area (Å²) in [4.78, 5) is 0. The van der Waals surface area contributed by atoms with E-state index in [1.165, 1.54) is 40.8 Å². The molecule has 0 aliphatic carbocycles. The largest absolute Gasteiger partial charge is 0.0811 e. The number of rotatable bonds is 8. The van der Waals surface area contributed by atoms with Crippen LogP contribution in [-0.2, 0) is 6.42 Å². The first kappa shape index (κ1) is 17.9. The van der Waals surface area contributed by atoms with Crippen LogP contribution in [0.5, 0.6) is 0 Å². The second-order valence-corrected chi connectivity index (χ2v) is 10.1. The molecule has 3 aromatic rings. The van der Waals surface area contributed by atoms with Crippen LogP contribution in [0.15, 0.2) is 84.9 Å². The predicted octanol–water partition coefficient (Wildman–Crippen LogP) is 4.12. The Hall–Kier alpha value is -1.91. The van der Waals surface area contributed by atoms with E-state index in [9.17, 15) is 0 Å². The highest BCUT2D eigenvalue weighted by Crippen LogP contribution is 2.16. The van der Waals surface area contributed by atoms with E-state index in [0.717, 1.165) is 24.2 Å². The molecule has 4 radical (unpaired) electrons. The molecule has 0 saturated carbocycles. The Morgan fingerprint density at radius 2 is 1.20 bits per heavy atom. The van der Waals surface area contributed by atoms with Crippen molar-refractivity contribution in [2.75, 3.05) is 0 Å². The van der Waals surface area contributed by atoms with Gasteiger partial charge in [0.25, 0.3) is 0 Å². The molecule has 0 bridgehead atoms. The predicted molar refractivity (Wildman–Crippen MR) is 112 cm³/mol. The fourth-order valence-electron chi connectivity index (χ4n) is 3.04. The molecule has 0 aliphatic rings. The minimum absolute atomic E-state index is 0.758. The monoisotopic (exact) mass is 356 g/mol. The van der Waals surface area contributed by atoms with Crippen molar-refractivity contribution >= 4 is 29.4 Å². The van der Waals surface area contributed by atoms with E-state index in [1.54, 1.807) is 0 Å². The Kier molecular flexibility index (Phi) is 6.83. The lowest BCUT2D eigenvalue weighted by atomic mass is 10.0. The van der Waals surface area contributed by atoms with Crippen LogP contribution in [0.4, 0.5) is 0 Å². The first-order valence-electron chi connectivity index (χ1n) is 8.99. The molecule has 0 N–H and O–H groups in total. The molecule has 0 atom stereocenters. The third kappa shape index (κ3) is 5.84. The second-order valence-electron chi connectivity index (χ2n) is 6.39. The minimum atomic E-state index is 0.758. The van der Waals surface area contributed by atoms with Crippen molar-refractivity contribution < 1.29 is 0 Å². The topological polar surface area (TPSA) is 0 Å². The third-order valence-corrected chi connectivity index (χ3v) is 7.90. The number of hydrogen-bond acceptors (Lipinski definition) is 0. The van der Waals surface area contributed by atoms with Gasteiger partial charge in [-0.2, -0.15) is 0 Å². The first-order valence-corrected chi connectivity index (χ1v) is 11.1. The van der Waals surface area contributed by atoms with Crippen LogP contribution >= 0.6 is 0 Å². The Balaban J connectivity index is 1.62. The van der Waals surface area contributed by atoms with E-state index in [0.29, 0.717) is 0 Å². The average Bonchev–Trinajstić information content (AvgIpc) is 2.65. The van der Waals surface area contributed by atoms with E-state index < -0.39 is 0 Å². The highest BCUT2D eigenvalue weighted by atomic mass is 28.3. The number of aryl methyl sites for hydroxylation is 2. The van der Waals surface area contributed by atoms with E-state index in [4.69, 9.17) is 0 Å². The van der Waals surface area contributed by atoms with Gasteiger partial charge in [-0.1, -0.05) is 102 Å². The molecule has 0 amide bonds. The van der Waals surface area contributed by atoms with E-state index in [-0.39, 0.29) is 0 Å². The Labute approximate surface area is 157 Å². The van der Waals surface area contributed by atoms with Crippen molar-refractivity contribution in [3.63, 3.8) is 0 Å². The molecule has 124 valence electrons. The van der Waals surface area contributed by atoms with Crippen molar-refractivity contribution in [1.29, 1.82) is 0 Å². The number of hydrogen-bond donors (Lipinski definition) is 0. The van der Waals surface area contributed by atoms with E-state index in [1.807, 2.05) is 0 Å². The van der Waals surface area contributed by atoms with Gasteiger partial charge < -0.3 is 0 Å². The zero-order chi connectivity index (χ0) is 17.3. The van der Waals surface area contributed by atoms with E-state index in [2.05, 4.69) is 91.9 Å². The van der Waals surface area contributed by atoms with Gasteiger partial charge in [-0.05, 0) is 36.1 Å². The van der Waals surface area contributed by atoms with Gasteiger partial charge in [-0.15, -0.1) is 0 Å². The van der Waals surface area contributed by atoms with Gasteiger partial charge in [0, 0.05) is 0 Å². The van der Waals surface area contributed by atoms with Crippen LogP contribution in [0.1, 0.15) is 24.0 Å². The summed E-state index contributed by atoms with van der Waals surface area (Å²) in [5.41, 5.74) is 2.93. The maximum atomic E-state index is 2.28. The van der Waals surface area contributed by atoms with Crippen molar-refractivity contribution in [3.8, 4) is 0 Å². The summed E-state index contributed by atoms with van der Waals surface area (Å²) in [6, 6.07) is 30.8. The molecule has 25 heavy (non-hydrogen) atoms. The van der Waals surface area contributed by atoms with Crippen LogP contribution in [0.25, 0.3) is 0 Å². The summed E-state index contributed by atoms with van der Waals surface area (Å²) in [6.07, 6.45) is 3.77. The summed E-state index contributed by atoms with van der Waals surface area (Å²) in [5.74, 6) is 0. The van der Waals surface area contributed by atoms with Gasteiger partial charge in [0.2, 0.25) is 0 Å². The van der Waals surface area contributed by atoms with Crippen LogP contribution in [0.2, 0.25) is 5.16 Å². The van der Waals surface area contributed by atoms with Crippen LogP contribution in [-0.4, -0.2) is 19.0 Å². The van der Waals surface area contributed by atoms with Gasteiger partial charge in [-0.25, -0.2) is 0 Å². The molecule has 0 saturated heterocycles. The van der Waals surface area contributed by atoms with Gasteiger partial charge in [0.05, 0.1) is 19.0 Å². The highest BCUT2D eigenvalue weighted by molar-refractivity contribution is 6.73. The molecule has 0 unspecified atom stereocenters. The third-order valence-electron chi connectivity index (χ3n) is 4.43. The van der Waals surface area contributed by atoms with Gasteiger partial charge in [0.15, 0.2) is 0 Å². The summed E-state index contributed by atoms with van der Waals surface area (Å²) in [6.45, 7) is 2.23. The fraction of sp³-hybridized carbons (Fsp3) is 0.217. The maximum Gasteiger partial charge on any atom is 0.0811 e. The van der Waals surface area contributed by atoms with Crippen LogP contribution in [0, 0.1) is 6.92 Å². The van der Waals surface area contributed by atoms with Crippen molar-refractivity contribution in [3.05, 3.63) is 96.1 Å². The highest BCUT2D eigenvalue weighted by Gasteiger charge is 2.13. The zero-order valence-corrected chi connectivity index (χ0v) is 16.8. The van der Waals surface area contributed by atoms with Gasteiger partial charge >= 0.3 is 0 Å². The fourth-order valence-corrected chi connectivity index (χ4v) is 6.60. The molecular weight excluding hydrogens is 332 g/mol. The molecule has 0 aromatic heterocycles. The van der Waals surface area contributed by atoms with Crippen molar-refractivity contribution in [2.45, 2.75) is 31.4 Å². The molecule has 3 aromatic carbocycles. The quantitative estimate of drug-likeness (QED) is 0.533. The lowest BCUT2D eigenvalue weighted by Crippen LogP contribution is -2.29. The molecular formula is C23H24Si2. The molecule has 0 nitrogen and oxygen atoms in total. The van der Waals surface area contributed by atoms with Crippen molar-refractivity contribution in [2.24, 2.45) is 0 Å². The smallest absolute Gasteiger partial charge is 0.0642 e. The van der Waals surface area contributed by atoms with Crippen molar-refractivity contribution in [1.82, 2.24) is 0 Å². The Bertz CT molecular complexity index is 712. The minimum Gasteiger partial charge on any atom is -0.0642 e. The lowest BCUT2D eigenvalue weighted by Gasteiger charge is -2.16. The molecule has 0 heterocycles. The summed E-state index contributed by atoms with van der Waals surface area (Å²) >= 11 is 0. The average molecular weight is 357 g/mol. The molecule has 3 rings (SSSR count). The summed E-state index contributed by atoms with van der Waals surface area (Å²) < 4.78 is 0. The number of benzene rings is 3. The zero-order valence-electron chi connectivity index (χ0n) is 14.8. The van der Waals surface area contributed by atoms with Crippen LogP contribution in [0.3, 0.4) is 0 Å². The Morgan fingerprint density at radius 3 is 1.76 bits per heavy atom. The normalized spacial score (nSPS) is 11.0. The molecule has 0 fully saturated rings. The standard InChI is InChI=1S/C23H24Si2/c1-19-11-8-9-12-20(19)13-10-18-23(24-21-14-4-2-5-15-21)25-22-16-6-3-7-17-22/h2-9,11-12,14-17,23H,10,13,18H2,1H3. The molecule has 0 spiro atoms. The van der Waals surface area contributed by atoms with Crippen LogP contribution < -0.4 is 10.4 Å². The Morgan fingerprint density at radius 1 is 0.680 bits per heavy atom. The second kappa shape index (κ2) is 9.54. The molecule has 2 heteroatoms. The summed E-state index contributed by atoms with van der Waals surface area (Å²) in [5, 5.41) is 3.74. The van der Waals surface area contributed by atoms with E-state index >= 15 is 0 Å². The van der Waals surface area contributed by atoms with Gasteiger partial charge in [-0.3, -0.25) is 0 Å². The summed E-state index contributed by atoms with van der Waals surface area (Å²) in [7, 11) is 1.80. The first-order chi connectivity index (χ1) is 12.3. The lowest BCUT2D eigenvalue weighted by molar-refractivity contribution is 0.765. The maximum absolute atomic E-state index is 2.28.